The monoisotopic (exact) mass is 378 g/mol. The van der Waals surface area contributed by atoms with Crippen LogP contribution in [0, 0.1) is 11.3 Å². The Hall–Kier alpha value is -3.25. The van der Waals surface area contributed by atoms with E-state index in [9.17, 15) is 0 Å². The Morgan fingerprint density at radius 2 is 1.61 bits per heavy atom. The molecule has 2 aliphatic heterocycles. The summed E-state index contributed by atoms with van der Waals surface area (Å²) in [5.41, 5.74) is 4.42. The van der Waals surface area contributed by atoms with Crippen molar-refractivity contribution in [2.45, 2.75) is 12.8 Å². The summed E-state index contributed by atoms with van der Waals surface area (Å²) in [5, 5.41) is 13.1. The average Bonchev–Trinajstić information content (AvgIpc) is 3.30. The third kappa shape index (κ3) is 4.35. The van der Waals surface area contributed by atoms with Gasteiger partial charge in [-0.3, -0.25) is 0 Å². The third-order valence-electron chi connectivity index (χ3n) is 4.71. The second kappa shape index (κ2) is 8.63. The van der Waals surface area contributed by atoms with Crippen LogP contribution < -0.4 is 15.2 Å². The van der Waals surface area contributed by atoms with Gasteiger partial charge in [-0.05, 0) is 30.5 Å². The SMILES string of the molecule is N#Cc1ccc(/C=N\Nc2nc(N3CCCC3)nc(N3CCOCC3)n2)cc1. The first-order valence-corrected chi connectivity index (χ1v) is 9.45. The summed E-state index contributed by atoms with van der Waals surface area (Å²) in [7, 11) is 0. The van der Waals surface area contributed by atoms with E-state index in [1.807, 2.05) is 12.1 Å². The third-order valence-corrected chi connectivity index (χ3v) is 4.71. The second-order valence-corrected chi connectivity index (χ2v) is 6.66. The molecule has 2 aliphatic rings. The summed E-state index contributed by atoms with van der Waals surface area (Å²) in [4.78, 5) is 18.1. The number of nitrogens with one attached hydrogen (secondary N) is 1. The fraction of sp³-hybridized carbons (Fsp3) is 0.421. The van der Waals surface area contributed by atoms with Gasteiger partial charge >= 0.3 is 0 Å². The van der Waals surface area contributed by atoms with Crippen LogP contribution in [0.15, 0.2) is 29.4 Å². The van der Waals surface area contributed by atoms with Gasteiger partial charge in [0.1, 0.15) is 0 Å². The number of hydrogen-bond acceptors (Lipinski definition) is 9. The fourth-order valence-corrected chi connectivity index (χ4v) is 3.18. The average molecular weight is 378 g/mol. The van der Waals surface area contributed by atoms with Crippen LogP contribution in [-0.2, 0) is 4.74 Å². The Balaban J connectivity index is 1.53. The summed E-state index contributed by atoms with van der Waals surface area (Å²) < 4.78 is 5.43. The zero-order valence-electron chi connectivity index (χ0n) is 15.6. The molecule has 9 heteroatoms. The number of aromatic nitrogens is 3. The van der Waals surface area contributed by atoms with Crippen LogP contribution in [0.2, 0.25) is 0 Å². The van der Waals surface area contributed by atoms with Crippen molar-refractivity contribution in [3.05, 3.63) is 35.4 Å². The fourth-order valence-electron chi connectivity index (χ4n) is 3.18. The maximum atomic E-state index is 8.87. The van der Waals surface area contributed by atoms with Crippen LogP contribution in [0.3, 0.4) is 0 Å². The van der Waals surface area contributed by atoms with Crippen LogP contribution in [0.4, 0.5) is 17.8 Å². The summed E-state index contributed by atoms with van der Waals surface area (Å²) in [6.07, 6.45) is 3.98. The minimum Gasteiger partial charge on any atom is -0.378 e. The van der Waals surface area contributed by atoms with Crippen molar-refractivity contribution in [1.82, 2.24) is 15.0 Å². The number of nitriles is 1. The molecule has 2 fully saturated rings. The lowest BCUT2D eigenvalue weighted by Crippen LogP contribution is -2.38. The van der Waals surface area contributed by atoms with Crippen molar-refractivity contribution < 1.29 is 4.74 Å². The highest BCUT2D eigenvalue weighted by molar-refractivity contribution is 5.80. The van der Waals surface area contributed by atoms with Gasteiger partial charge in [0, 0.05) is 26.2 Å². The minimum absolute atomic E-state index is 0.420. The van der Waals surface area contributed by atoms with Crippen molar-refractivity contribution in [1.29, 1.82) is 5.26 Å². The van der Waals surface area contributed by atoms with Crippen molar-refractivity contribution in [2.24, 2.45) is 5.10 Å². The van der Waals surface area contributed by atoms with E-state index in [0.29, 0.717) is 36.6 Å². The number of benzene rings is 1. The highest BCUT2D eigenvalue weighted by Gasteiger charge is 2.21. The lowest BCUT2D eigenvalue weighted by molar-refractivity contribution is 0.122. The zero-order valence-corrected chi connectivity index (χ0v) is 15.6. The molecule has 0 atom stereocenters. The summed E-state index contributed by atoms with van der Waals surface area (Å²) >= 11 is 0. The van der Waals surface area contributed by atoms with E-state index in [2.05, 4.69) is 41.3 Å². The topological polar surface area (TPSA) is 103 Å². The van der Waals surface area contributed by atoms with Gasteiger partial charge in [0.15, 0.2) is 0 Å². The van der Waals surface area contributed by atoms with Gasteiger partial charge in [-0.15, -0.1) is 0 Å². The van der Waals surface area contributed by atoms with E-state index in [1.165, 1.54) is 0 Å². The second-order valence-electron chi connectivity index (χ2n) is 6.66. The molecule has 0 amide bonds. The first-order chi connectivity index (χ1) is 13.8. The molecule has 28 heavy (non-hydrogen) atoms. The van der Waals surface area contributed by atoms with E-state index in [4.69, 9.17) is 10.00 Å². The summed E-state index contributed by atoms with van der Waals surface area (Å²) in [6, 6.07) is 9.29. The molecule has 2 aromatic rings. The van der Waals surface area contributed by atoms with Crippen LogP contribution in [-0.4, -0.2) is 60.6 Å². The molecule has 2 saturated heterocycles. The Morgan fingerprint density at radius 3 is 2.25 bits per heavy atom. The highest BCUT2D eigenvalue weighted by atomic mass is 16.5. The van der Waals surface area contributed by atoms with Crippen molar-refractivity contribution >= 4 is 24.1 Å². The number of rotatable bonds is 5. The highest BCUT2D eigenvalue weighted by Crippen LogP contribution is 2.21. The molecule has 0 unspecified atom stereocenters. The van der Waals surface area contributed by atoms with Crippen molar-refractivity contribution in [3.63, 3.8) is 0 Å². The van der Waals surface area contributed by atoms with Crippen LogP contribution >= 0.6 is 0 Å². The van der Waals surface area contributed by atoms with Gasteiger partial charge in [-0.2, -0.15) is 25.3 Å². The largest absolute Gasteiger partial charge is 0.378 e. The van der Waals surface area contributed by atoms with Gasteiger partial charge in [0.2, 0.25) is 17.8 Å². The number of ether oxygens (including phenoxy) is 1. The Kier molecular flexibility index (Phi) is 5.58. The van der Waals surface area contributed by atoms with Gasteiger partial charge in [-0.25, -0.2) is 5.43 Å². The maximum absolute atomic E-state index is 8.87. The molecule has 1 aromatic carbocycles. The number of hydrazone groups is 1. The molecule has 4 rings (SSSR count). The smallest absolute Gasteiger partial charge is 0.250 e. The van der Waals surface area contributed by atoms with Gasteiger partial charge < -0.3 is 14.5 Å². The molecule has 0 spiro atoms. The first-order valence-electron chi connectivity index (χ1n) is 9.45. The Labute approximate surface area is 163 Å². The quantitative estimate of drug-likeness (QED) is 0.619. The summed E-state index contributed by atoms with van der Waals surface area (Å²) in [6.45, 7) is 4.78. The molecule has 144 valence electrons. The van der Waals surface area contributed by atoms with Crippen LogP contribution in [0.1, 0.15) is 24.0 Å². The number of morpholine rings is 1. The van der Waals surface area contributed by atoms with Gasteiger partial charge in [-0.1, -0.05) is 12.1 Å². The molecule has 0 aliphatic carbocycles. The van der Waals surface area contributed by atoms with Gasteiger partial charge in [0.05, 0.1) is 31.1 Å². The molecule has 1 aromatic heterocycles. The maximum Gasteiger partial charge on any atom is 0.250 e. The molecule has 0 saturated carbocycles. The lowest BCUT2D eigenvalue weighted by Gasteiger charge is -2.27. The van der Waals surface area contributed by atoms with E-state index < -0.39 is 0 Å². The predicted molar refractivity (Wildman–Crippen MR) is 107 cm³/mol. The van der Waals surface area contributed by atoms with E-state index >= 15 is 0 Å². The van der Waals surface area contributed by atoms with Crippen LogP contribution in [0.5, 0.6) is 0 Å². The molecule has 0 radical (unpaired) electrons. The van der Waals surface area contributed by atoms with Crippen molar-refractivity contribution in [2.75, 3.05) is 54.6 Å². The molecule has 0 bridgehead atoms. The van der Waals surface area contributed by atoms with E-state index in [1.54, 1.807) is 18.3 Å². The number of anilines is 3. The minimum atomic E-state index is 0.420. The molecular formula is C19H22N8O. The van der Waals surface area contributed by atoms with E-state index in [0.717, 1.165) is 44.6 Å². The first kappa shape index (κ1) is 18.1. The molecule has 3 heterocycles. The summed E-state index contributed by atoms with van der Waals surface area (Å²) in [5.74, 6) is 1.75. The normalized spacial score (nSPS) is 17.1. The van der Waals surface area contributed by atoms with Crippen molar-refractivity contribution in [3.8, 4) is 6.07 Å². The predicted octanol–water partition coefficient (Wildman–Crippen LogP) is 1.63. The Bertz CT molecular complexity index is 864. The Morgan fingerprint density at radius 1 is 0.964 bits per heavy atom. The molecule has 1 N–H and O–H groups in total. The molecular weight excluding hydrogens is 356 g/mol. The van der Waals surface area contributed by atoms with E-state index in [-0.39, 0.29) is 0 Å². The molecule has 9 nitrogen and oxygen atoms in total. The lowest BCUT2D eigenvalue weighted by atomic mass is 10.2. The number of hydrogen-bond donors (Lipinski definition) is 1. The zero-order chi connectivity index (χ0) is 19.2. The van der Waals surface area contributed by atoms with Gasteiger partial charge in [0.25, 0.3) is 0 Å². The number of nitrogens with zero attached hydrogens (tertiary/aromatic N) is 7. The van der Waals surface area contributed by atoms with Crippen LogP contribution in [0.25, 0.3) is 0 Å². The standard InChI is InChI=1S/C19H22N8O/c20-13-15-3-5-16(6-4-15)14-21-25-17-22-18(26-7-1-2-8-26)24-19(23-17)27-9-11-28-12-10-27/h3-6,14H,1-2,7-12H2,(H,22,23,24,25)/b21-14-.